The largest absolute Gasteiger partial charge is 0.391 e. The first-order chi connectivity index (χ1) is 11.0. The van der Waals surface area contributed by atoms with E-state index in [4.69, 9.17) is 4.52 Å². The Morgan fingerprint density at radius 3 is 2.48 bits per heavy atom. The van der Waals surface area contributed by atoms with Crippen LogP contribution in [0.1, 0.15) is 50.0 Å². The fourth-order valence-electron chi connectivity index (χ4n) is 5.73. The Morgan fingerprint density at radius 1 is 1.35 bits per heavy atom. The van der Waals surface area contributed by atoms with Gasteiger partial charge in [0.25, 0.3) is 0 Å². The van der Waals surface area contributed by atoms with Gasteiger partial charge in [-0.05, 0) is 68.6 Å². The van der Waals surface area contributed by atoms with Gasteiger partial charge in [-0.25, -0.2) is 0 Å². The van der Waals surface area contributed by atoms with Crippen molar-refractivity contribution in [3.05, 3.63) is 17.5 Å². The maximum atomic E-state index is 12.0. The Hall–Kier alpha value is -1.36. The van der Waals surface area contributed by atoms with Crippen molar-refractivity contribution in [1.82, 2.24) is 10.5 Å². The number of nitrogens with one attached hydrogen (secondary N) is 1. The minimum Gasteiger partial charge on any atom is -0.391 e. The van der Waals surface area contributed by atoms with Gasteiger partial charge in [-0.2, -0.15) is 0 Å². The zero-order valence-corrected chi connectivity index (χ0v) is 13.8. The van der Waals surface area contributed by atoms with Gasteiger partial charge in [0, 0.05) is 12.6 Å². The number of amides is 1. The molecule has 23 heavy (non-hydrogen) atoms. The van der Waals surface area contributed by atoms with E-state index in [1.54, 1.807) is 6.07 Å². The number of hydrogen-bond acceptors (Lipinski definition) is 4. The third kappa shape index (κ3) is 2.91. The van der Waals surface area contributed by atoms with Crippen LogP contribution in [0.4, 0.5) is 0 Å². The Morgan fingerprint density at radius 2 is 1.96 bits per heavy atom. The molecule has 1 heterocycles. The molecule has 4 bridgehead atoms. The second kappa shape index (κ2) is 5.62. The van der Waals surface area contributed by atoms with Crippen LogP contribution in [0.5, 0.6) is 0 Å². The van der Waals surface area contributed by atoms with Gasteiger partial charge >= 0.3 is 0 Å². The molecule has 126 valence electrons. The quantitative estimate of drug-likeness (QED) is 0.873. The number of aryl methyl sites for hydroxylation is 1. The molecule has 1 atom stereocenters. The van der Waals surface area contributed by atoms with Crippen LogP contribution >= 0.6 is 0 Å². The van der Waals surface area contributed by atoms with E-state index in [1.165, 1.54) is 19.3 Å². The topological polar surface area (TPSA) is 75.4 Å². The van der Waals surface area contributed by atoms with Crippen LogP contribution in [-0.4, -0.2) is 28.8 Å². The number of aliphatic hydroxyl groups excluding tert-OH is 1. The molecule has 0 aromatic carbocycles. The molecular formula is C18H26N2O3. The van der Waals surface area contributed by atoms with Crippen molar-refractivity contribution in [2.24, 2.45) is 23.2 Å². The number of hydrogen-bond donors (Lipinski definition) is 2. The smallest absolute Gasteiger partial charge is 0.227 e. The highest BCUT2D eigenvalue weighted by Crippen LogP contribution is 2.61. The minimum absolute atomic E-state index is 0.0604. The van der Waals surface area contributed by atoms with E-state index in [2.05, 4.69) is 10.5 Å². The summed E-state index contributed by atoms with van der Waals surface area (Å²) in [7, 11) is 0. The van der Waals surface area contributed by atoms with E-state index in [1.807, 2.05) is 6.92 Å². The molecular weight excluding hydrogens is 292 g/mol. The fourth-order valence-corrected chi connectivity index (χ4v) is 5.73. The van der Waals surface area contributed by atoms with Crippen molar-refractivity contribution >= 4 is 5.91 Å². The molecule has 0 aliphatic heterocycles. The zero-order valence-electron chi connectivity index (χ0n) is 13.8. The molecule has 1 unspecified atom stereocenters. The highest BCUT2D eigenvalue weighted by Gasteiger charge is 2.53. The average Bonchev–Trinajstić information content (AvgIpc) is 2.88. The summed E-state index contributed by atoms with van der Waals surface area (Å²) in [5.41, 5.74) is 0.839. The molecule has 0 spiro atoms. The lowest BCUT2D eigenvalue weighted by molar-refractivity contribution is -0.128. The van der Waals surface area contributed by atoms with E-state index in [-0.39, 0.29) is 17.7 Å². The molecule has 0 radical (unpaired) electrons. The second-order valence-electron chi connectivity index (χ2n) is 8.21. The third-order valence-electron chi connectivity index (χ3n) is 6.30. The number of rotatable bonds is 5. The van der Waals surface area contributed by atoms with Gasteiger partial charge in [-0.15, -0.1) is 0 Å². The van der Waals surface area contributed by atoms with Crippen LogP contribution in [-0.2, 0) is 11.2 Å². The minimum atomic E-state index is -0.420. The van der Waals surface area contributed by atoms with Crippen molar-refractivity contribution in [1.29, 1.82) is 0 Å². The molecule has 4 saturated carbocycles. The van der Waals surface area contributed by atoms with E-state index in [0.717, 1.165) is 42.7 Å². The van der Waals surface area contributed by atoms with E-state index in [9.17, 15) is 9.90 Å². The summed E-state index contributed by atoms with van der Waals surface area (Å²) in [4.78, 5) is 12.0. The van der Waals surface area contributed by atoms with Crippen molar-refractivity contribution in [3.8, 4) is 0 Å². The lowest BCUT2D eigenvalue weighted by Crippen LogP contribution is -2.54. The molecule has 1 aromatic rings. The molecule has 0 saturated heterocycles. The predicted octanol–water partition coefficient (Wildman–Crippen LogP) is 2.22. The van der Waals surface area contributed by atoms with E-state index in [0.29, 0.717) is 12.3 Å². The first-order valence-electron chi connectivity index (χ1n) is 8.89. The van der Waals surface area contributed by atoms with Crippen LogP contribution in [0.25, 0.3) is 0 Å². The Balaban J connectivity index is 1.33. The van der Waals surface area contributed by atoms with Crippen molar-refractivity contribution in [2.75, 3.05) is 6.54 Å². The summed E-state index contributed by atoms with van der Waals surface area (Å²) in [6.45, 7) is 2.19. The van der Waals surface area contributed by atoms with Crippen LogP contribution in [0.15, 0.2) is 10.6 Å². The van der Waals surface area contributed by atoms with Gasteiger partial charge in [0.2, 0.25) is 5.91 Å². The van der Waals surface area contributed by atoms with E-state index >= 15 is 0 Å². The highest BCUT2D eigenvalue weighted by molar-refractivity contribution is 5.77. The molecule has 4 fully saturated rings. The Labute approximate surface area is 136 Å². The summed E-state index contributed by atoms with van der Waals surface area (Å²) in [5, 5.41) is 17.5. The van der Waals surface area contributed by atoms with Crippen molar-refractivity contribution in [2.45, 2.75) is 58.0 Å². The highest BCUT2D eigenvalue weighted by atomic mass is 16.5. The van der Waals surface area contributed by atoms with Crippen molar-refractivity contribution < 1.29 is 14.4 Å². The SMILES string of the molecule is Cc1cc(CC(=O)NCC(O)C23CC4CC(CC(C4)C2)C3)on1. The summed E-state index contributed by atoms with van der Waals surface area (Å²) < 4.78 is 5.07. The fraction of sp³-hybridized carbons (Fsp3) is 0.778. The van der Waals surface area contributed by atoms with Crippen LogP contribution in [0.2, 0.25) is 0 Å². The number of aromatic nitrogens is 1. The molecule has 4 aliphatic rings. The van der Waals surface area contributed by atoms with Gasteiger partial charge in [0.05, 0.1) is 18.2 Å². The molecule has 2 N–H and O–H groups in total. The molecule has 4 aliphatic carbocycles. The summed E-state index contributed by atoms with van der Waals surface area (Å²) >= 11 is 0. The first-order valence-corrected chi connectivity index (χ1v) is 8.89. The monoisotopic (exact) mass is 318 g/mol. The second-order valence-corrected chi connectivity index (χ2v) is 8.21. The number of aliphatic hydroxyl groups is 1. The van der Waals surface area contributed by atoms with Gasteiger partial charge in [0.15, 0.2) is 0 Å². The van der Waals surface area contributed by atoms with Crippen LogP contribution < -0.4 is 5.32 Å². The first kappa shape index (κ1) is 15.2. The van der Waals surface area contributed by atoms with Gasteiger partial charge in [-0.3, -0.25) is 4.79 Å². The van der Waals surface area contributed by atoms with Crippen LogP contribution in [0.3, 0.4) is 0 Å². The van der Waals surface area contributed by atoms with Gasteiger partial charge < -0.3 is 14.9 Å². The molecule has 5 nitrogen and oxygen atoms in total. The molecule has 5 rings (SSSR count). The standard InChI is InChI=1S/C18H26N2O3/c1-11-2-15(23-20-11)6-17(22)19-10-16(21)18-7-12-3-13(8-18)5-14(4-12)9-18/h2,12-14,16,21H,3-10H2,1H3,(H,19,22). The molecule has 1 amide bonds. The lowest BCUT2D eigenvalue weighted by Gasteiger charge is -2.58. The number of nitrogens with zero attached hydrogens (tertiary/aromatic N) is 1. The normalized spacial score (nSPS) is 36.2. The van der Waals surface area contributed by atoms with Crippen molar-refractivity contribution in [3.63, 3.8) is 0 Å². The Bertz CT molecular complexity index is 560. The maximum absolute atomic E-state index is 12.0. The number of carbonyl (C=O) groups excluding carboxylic acids is 1. The zero-order chi connectivity index (χ0) is 16.0. The van der Waals surface area contributed by atoms with E-state index < -0.39 is 6.10 Å². The average molecular weight is 318 g/mol. The number of carbonyl (C=O) groups is 1. The summed E-state index contributed by atoms with van der Waals surface area (Å²) in [6.07, 6.45) is 7.31. The van der Waals surface area contributed by atoms with Crippen LogP contribution in [0, 0.1) is 30.1 Å². The summed E-state index contributed by atoms with van der Waals surface area (Å²) in [6, 6.07) is 1.77. The third-order valence-corrected chi connectivity index (χ3v) is 6.30. The molecule has 1 aromatic heterocycles. The Kier molecular flexibility index (Phi) is 3.71. The predicted molar refractivity (Wildman–Crippen MR) is 84.6 cm³/mol. The van der Waals surface area contributed by atoms with Gasteiger partial charge in [0.1, 0.15) is 5.76 Å². The molecule has 5 heteroatoms. The lowest BCUT2D eigenvalue weighted by atomic mass is 9.48. The summed E-state index contributed by atoms with van der Waals surface area (Å²) in [5.74, 6) is 2.89. The van der Waals surface area contributed by atoms with Gasteiger partial charge in [-0.1, -0.05) is 5.16 Å². The maximum Gasteiger partial charge on any atom is 0.227 e.